The molecule has 0 aliphatic carbocycles. The molecule has 0 N–H and O–H groups in total. The fourth-order valence-corrected chi connectivity index (χ4v) is 0. The molecule has 0 spiro atoms. The van der Waals surface area contributed by atoms with Crippen molar-refractivity contribution in [1.29, 1.82) is 0 Å². The van der Waals surface area contributed by atoms with Crippen LogP contribution in [0.1, 0.15) is 0 Å². The van der Waals surface area contributed by atoms with Crippen LogP contribution in [-0.4, -0.2) is 400 Å². The van der Waals surface area contributed by atoms with E-state index in [4.69, 9.17) is 0 Å². The summed E-state index contributed by atoms with van der Waals surface area (Å²) in [6.07, 6.45) is 0. The third kappa shape index (κ3) is 6760. The number of hydrogen-bond acceptors (Lipinski definition) is 0. The molecule has 0 aromatic carbocycles. The Morgan fingerprint density at radius 1 is 0.0444 bits per heavy atom. The predicted octanol–water partition coefficient (Wildman–Crippen LogP) is -52.7. The minimum absolute atomic E-state index is 0. The average molecular weight is 633 g/mol. The molecule has 0 fully saturated rings. The Morgan fingerprint density at radius 3 is 0.0444 bits per heavy atom. The van der Waals surface area contributed by atoms with E-state index in [9.17, 15) is 0 Å². The van der Waals surface area contributed by atoms with Gasteiger partial charge in [0.05, 0.1) is 370 Å². The molecule has 45 heteroatoms. The Bertz CT molecular complexity index is 6.92. The topological polar surface area (TPSA) is 0 Å². The van der Waals surface area contributed by atoms with Gasteiger partial charge in [0, 0.05) is 0 Å². The quantitative estimate of drug-likeness (QED) is 0.233. The first kappa shape index (κ1) is 7520. The molecule has 0 aliphatic rings. The Kier molecular flexibility index (Phi) is 1180000. The molecule has 0 aliphatic heterocycles. The second kappa shape index (κ2) is 7060. The molecule has 0 nitrogen and oxygen atoms in total. The van der Waals surface area contributed by atoms with Crippen LogP contribution < -0.4 is 0 Å². The van der Waals surface area contributed by atoms with Crippen molar-refractivity contribution >= 4 is 400 Å². The summed E-state index contributed by atoms with van der Waals surface area (Å²) < 4.78 is 0. The summed E-state index contributed by atoms with van der Waals surface area (Å²) in [6, 6.07) is 0. The van der Waals surface area contributed by atoms with Crippen LogP contribution in [0.4, 0.5) is 0 Å². The zero-order chi connectivity index (χ0) is 0. The first-order valence-corrected chi connectivity index (χ1v) is 0. The normalized spacial score (nSPS) is 0. The van der Waals surface area contributed by atoms with E-state index in [0.717, 1.165) is 0 Å². The molecular weight excluding hydrogens is 499 g/mol. The molecule has 0 atom stereocenters. The van der Waals surface area contributed by atoms with Gasteiger partial charge in [-0.2, -0.15) is 0 Å². The summed E-state index contributed by atoms with van der Waals surface area (Å²) in [5, 5.41) is 0. The van der Waals surface area contributed by atoms with Crippen LogP contribution in [0.3, 0.4) is 0 Å². The van der Waals surface area contributed by atoms with Gasteiger partial charge in [0.2, 0.25) is 0 Å². The van der Waals surface area contributed by atoms with E-state index in [-0.39, 0.29) is 400 Å². The standard InChI is InChI=1S/44BH3.Na.H/h44*1H3;;. The summed E-state index contributed by atoms with van der Waals surface area (Å²) in [7, 11) is 0. The van der Waals surface area contributed by atoms with E-state index in [1.54, 1.807) is 0 Å². The van der Waals surface area contributed by atoms with Crippen molar-refractivity contribution in [2.75, 3.05) is 0 Å². The second-order valence-electron chi connectivity index (χ2n) is 0. The third-order valence-electron chi connectivity index (χ3n) is 0. The Hall–Kier alpha value is 3.86. The van der Waals surface area contributed by atoms with Crippen LogP contribution >= 0.6 is 0 Å². The van der Waals surface area contributed by atoms with Crippen LogP contribution in [-0.2, 0) is 0 Å². The second-order valence-corrected chi connectivity index (χ2v) is 0. The monoisotopic (exact) mass is 641 g/mol. The van der Waals surface area contributed by atoms with Gasteiger partial charge in [0.15, 0.2) is 0 Å². The minimum atomic E-state index is 0. The summed E-state index contributed by atoms with van der Waals surface area (Å²) in [5.74, 6) is 0. The van der Waals surface area contributed by atoms with E-state index in [2.05, 4.69) is 0 Å². The first-order valence-electron chi connectivity index (χ1n) is 0. The average Bonchev–Trinajstić information content (AvgIpc) is 0. The summed E-state index contributed by atoms with van der Waals surface area (Å²) in [4.78, 5) is 0. The van der Waals surface area contributed by atoms with Gasteiger partial charge in [-0.25, -0.2) is 0 Å². The van der Waals surface area contributed by atoms with Crippen molar-refractivity contribution < 1.29 is 0 Å². The molecule has 0 rings (SSSR count). The van der Waals surface area contributed by atoms with E-state index in [1.807, 2.05) is 0 Å². The molecule has 0 heterocycles. The molecule has 0 saturated carbocycles. The van der Waals surface area contributed by atoms with Gasteiger partial charge in [-0.15, -0.1) is 0 Å². The molecule has 0 bridgehead atoms. The molecule has 0 unspecified atom stereocenters. The van der Waals surface area contributed by atoms with Gasteiger partial charge in [-0.3, -0.25) is 0 Å². The van der Waals surface area contributed by atoms with Gasteiger partial charge in [0.1, 0.15) is 0 Å². The number of rotatable bonds is 0. The van der Waals surface area contributed by atoms with E-state index in [0.29, 0.717) is 0 Å². The molecule has 0 aromatic rings. The molecule has 0 amide bonds. The molecule has 0 radical (unpaired) electrons. The predicted molar refractivity (Wildman–Crippen MR) is 444 cm³/mol. The van der Waals surface area contributed by atoms with Crippen molar-refractivity contribution in [3.8, 4) is 0 Å². The number of hydrogen-bond donors (Lipinski definition) is 0. The molecule has 0 aromatic heterocycles. The molecule has 45 heavy (non-hydrogen) atoms. The zero-order valence-electron chi connectivity index (χ0n) is 0. The summed E-state index contributed by atoms with van der Waals surface area (Å²) in [6.45, 7) is 0. The van der Waals surface area contributed by atoms with Crippen LogP contribution in [0.5, 0.6) is 0 Å². The van der Waals surface area contributed by atoms with Crippen molar-refractivity contribution in [2.24, 2.45) is 0 Å². The Morgan fingerprint density at radius 2 is 0.0444 bits per heavy atom. The SMILES string of the molecule is B.B.B.B.B.B.B.B.B.B.B.B.B.B.B.B.B.B.B.B.B.B.B.B.B.B.B.B.B.B.B.B.B.B.B.B.B.B.B.B.B.B.B.B.[NaH]. The molecule has 0 saturated heterocycles. The Labute approximate surface area is 396 Å². The van der Waals surface area contributed by atoms with Crippen molar-refractivity contribution in [1.82, 2.24) is 0 Å². The van der Waals surface area contributed by atoms with Gasteiger partial charge in [-0.05, 0) is 0 Å². The molecular formula is H133B44Na. The van der Waals surface area contributed by atoms with Crippen LogP contribution in [0.15, 0.2) is 0 Å². The summed E-state index contributed by atoms with van der Waals surface area (Å²) >= 11 is 0. The Balaban J connectivity index is 0. The van der Waals surface area contributed by atoms with Gasteiger partial charge >= 0.3 is 29.6 Å². The zero-order valence-corrected chi connectivity index (χ0v) is 0. The van der Waals surface area contributed by atoms with E-state index < -0.39 is 0 Å². The van der Waals surface area contributed by atoms with Gasteiger partial charge < -0.3 is 0 Å². The fraction of sp³-hybridized carbons (Fsp3) is 0. The molecule has 266 valence electrons. The van der Waals surface area contributed by atoms with Crippen molar-refractivity contribution in [3.05, 3.63) is 0 Å². The van der Waals surface area contributed by atoms with Gasteiger partial charge in [-0.1, -0.05) is 0 Å². The van der Waals surface area contributed by atoms with E-state index >= 15 is 0 Å². The van der Waals surface area contributed by atoms with Crippen molar-refractivity contribution in [3.63, 3.8) is 0 Å². The van der Waals surface area contributed by atoms with E-state index in [1.165, 1.54) is 0 Å². The first-order chi connectivity index (χ1) is 0. The fourth-order valence-electron chi connectivity index (χ4n) is 0. The van der Waals surface area contributed by atoms with Gasteiger partial charge in [0.25, 0.3) is 0 Å². The van der Waals surface area contributed by atoms with Crippen molar-refractivity contribution in [2.45, 2.75) is 0 Å². The van der Waals surface area contributed by atoms with Crippen LogP contribution in [0.2, 0.25) is 0 Å². The maximum absolute atomic E-state index is 0. The van der Waals surface area contributed by atoms with Crippen LogP contribution in [0.25, 0.3) is 0 Å². The third-order valence-corrected chi connectivity index (χ3v) is 0. The maximum atomic E-state index is 0. The van der Waals surface area contributed by atoms with Crippen LogP contribution in [0, 0.1) is 0 Å². The summed E-state index contributed by atoms with van der Waals surface area (Å²) in [5.41, 5.74) is 0.